The van der Waals surface area contributed by atoms with Crippen LogP contribution in [0.4, 0.5) is 10.8 Å². The van der Waals surface area contributed by atoms with Gasteiger partial charge in [-0.3, -0.25) is 4.79 Å². The summed E-state index contributed by atoms with van der Waals surface area (Å²) in [5.41, 5.74) is 0.414. The van der Waals surface area contributed by atoms with Gasteiger partial charge in [0.25, 0.3) is 0 Å². The minimum absolute atomic E-state index is 0.209. The molecule has 0 radical (unpaired) electrons. The Kier molecular flexibility index (Phi) is 7.57. The van der Waals surface area contributed by atoms with Gasteiger partial charge in [-0.2, -0.15) is 0 Å². The van der Waals surface area contributed by atoms with Crippen molar-refractivity contribution in [3.8, 4) is 0 Å². The summed E-state index contributed by atoms with van der Waals surface area (Å²) in [7, 11) is 1.63. The molecular formula is C14H16Cl2N4O2S2. The number of anilines is 2. The zero-order valence-electron chi connectivity index (χ0n) is 13.0. The first-order chi connectivity index (χ1) is 11.5. The van der Waals surface area contributed by atoms with Gasteiger partial charge in [-0.1, -0.05) is 52.4 Å². The van der Waals surface area contributed by atoms with Crippen molar-refractivity contribution < 1.29 is 9.53 Å². The van der Waals surface area contributed by atoms with Crippen molar-refractivity contribution in [2.75, 3.05) is 30.9 Å². The van der Waals surface area contributed by atoms with E-state index in [1.165, 1.54) is 23.1 Å². The van der Waals surface area contributed by atoms with Crippen molar-refractivity contribution in [3.05, 3.63) is 28.2 Å². The number of ether oxygens (including phenoxy) is 1. The Balaban J connectivity index is 1.92. The van der Waals surface area contributed by atoms with Gasteiger partial charge < -0.3 is 15.4 Å². The highest BCUT2D eigenvalue weighted by Gasteiger charge is 2.19. The number of hydrogen-bond donors (Lipinski definition) is 2. The van der Waals surface area contributed by atoms with Crippen LogP contribution in [0.5, 0.6) is 0 Å². The molecular weight excluding hydrogens is 391 g/mol. The van der Waals surface area contributed by atoms with Crippen LogP contribution in [0.3, 0.4) is 0 Å². The van der Waals surface area contributed by atoms with E-state index in [0.717, 1.165) is 0 Å². The van der Waals surface area contributed by atoms with Gasteiger partial charge in [0.15, 0.2) is 4.34 Å². The molecule has 0 saturated carbocycles. The van der Waals surface area contributed by atoms with Crippen molar-refractivity contribution in [3.63, 3.8) is 0 Å². The number of thioether (sulfide) groups is 1. The average molecular weight is 407 g/mol. The van der Waals surface area contributed by atoms with Gasteiger partial charge >= 0.3 is 0 Å². The number of nitrogens with zero attached hydrogens (tertiary/aromatic N) is 2. The van der Waals surface area contributed by atoms with E-state index in [-0.39, 0.29) is 11.2 Å². The van der Waals surface area contributed by atoms with E-state index in [1.54, 1.807) is 32.2 Å². The van der Waals surface area contributed by atoms with Crippen molar-refractivity contribution in [1.82, 2.24) is 10.2 Å². The molecule has 2 rings (SSSR count). The molecule has 0 bridgehead atoms. The van der Waals surface area contributed by atoms with Crippen LogP contribution >= 0.6 is 46.3 Å². The number of carbonyl (C=O) groups excluding carboxylic acids is 1. The number of carbonyl (C=O) groups is 1. The second-order valence-electron chi connectivity index (χ2n) is 4.64. The lowest BCUT2D eigenvalue weighted by Crippen LogP contribution is -2.22. The van der Waals surface area contributed by atoms with E-state index in [2.05, 4.69) is 20.8 Å². The van der Waals surface area contributed by atoms with Crippen LogP contribution in [0.25, 0.3) is 0 Å². The van der Waals surface area contributed by atoms with Crippen LogP contribution < -0.4 is 10.6 Å². The molecule has 2 N–H and O–H groups in total. The monoisotopic (exact) mass is 406 g/mol. The maximum Gasteiger partial charge on any atom is 0.237 e. The third-order valence-corrected chi connectivity index (χ3v) is 5.54. The summed E-state index contributed by atoms with van der Waals surface area (Å²) < 4.78 is 5.65. The highest BCUT2D eigenvalue weighted by Crippen LogP contribution is 2.32. The zero-order valence-corrected chi connectivity index (χ0v) is 16.2. The van der Waals surface area contributed by atoms with E-state index in [4.69, 9.17) is 27.9 Å². The van der Waals surface area contributed by atoms with Gasteiger partial charge in [-0.25, -0.2) is 0 Å². The molecule has 2 aromatic rings. The predicted octanol–water partition coefficient (Wildman–Crippen LogP) is 4.02. The maximum absolute atomic E-state index is 12.3. The minimum atomic E-state index is -0.378. The van der Waals surface area contributed by atoms with Crippen molar-refractivity contribution >= 4 is 63.0 Å². The number of hydrogen-bond acceptors (Lipinski definition) is 7. The van der Waals surface area contributed by atoms with Crippen LogP contribution in [0, 0.1) is 0 Å². The lowest BCUT2D eigenvalue weighted by atomic mass is 10.3. The number of aromatic nitrogens is 2. The Labute approximate surface area is 158 Å². The van der Waals surface area contributed by atoms with Crippen LogP contribution in [-0.4, -0.2) is 41.6 Å². The fraction of sp³-hybridized carbons (Fsp3) is 0.357. The topological polar surface area (TPSA) is 76.1 Å². The standard InChI is InChI=1S/C14H16Cl2N4O2S2/c1-8(12(21)18-11-9(15)4-3-5-10(11)16)23-14-20-19-13(24-14)17-6-7-22-2/h3-5,8H,6-7H2,1-2H3,(H,17,19)(H,18,21). The largest absolute Gasteiger partial charge is 0.383 e. The normalized spacial score (nSPS) is 12.0. The molecule has 0 aliphatic carbocycles. The average Bonchev–Trinajstić information content (AvgIpc) is 2.98. The Morgan fingerprint density at radius 3 is 2.75 bits per heavy atom. The number of nitrogens with one attached hydrogen (secondary N) is 2. The fourth-order valence-corrected chi connectivity index (χ4v) is 4.05. The summed E-state index contributed by atoms with van der Waals surface area (Å²) in [4.78, 5) is 12.3. The van der Waals surface area contributed by atoms with Crippen LogP contribution in [-0.2, 0) is 9.53 Å². The van der Waals surface area contributed by atoms with Crippen molar-refractivity contribution in [2.24, 2.45) is 0 Å². The first-order valence-corrected chi connectivity index (χ1v) is 9.44. The smallest absolute Gasteiger partial charge is 0.237 e. The first kappa shape index (κ1) is 19.3. The molecule has 6 nitrogen and oxygen atoms in total. The second-order valence-corrected chi connectivity index (χ2v) is 8.02. The highest BCUT2D eigenvalue weighted by atomic mass is 35.5. The molecule has 0 aliphatic rings. The summed E-state index contributed by atoms with van der Waals surface area (Å²) in [5, 5.41) is 15.0. The molecule has 1 amide bonds. The number of halogens is 2. The molecule has 130 valence electrons. The summed E-state index contributed by atoms with van der Waals surface area (Å²) in [6, 6.07) is 5.06. The number of para-hydroxylation sites is 1. The molecule has 0 spiro atoms. The third-order valence-electron chi connectivity index (χ3n) is 2.85. The van der Waals surface area contributed by atoms with E-state index < -0.39 is 0 Å². The Morgan fingerprint density at radius 1 is 1.38 bits per heavy atom. The third kappa shape index (κ3) is 5.49. The van der Waals surface area contributed by atoms with Gasteiger partial charge in [0, 0.05) is 13.7 Å². The quantitative estimate of drug-likeness (QED) is 0.509. The number of methoxy groups -OCH3 is 1. The fourth-order valence-electron chi connectivity index (χ4n) is 1.64. The van der Waals surface area contributed by atoms with Crippen LogP contribution in [0.1, 0.15) is 6.92 Å². The number of amides is 1. The highest BCUT2D eigenvalue weighted by molar-refractivity contribution is 8.02. The van der Waals surface area contributed by atoms with Gasteiger partial charge in [0.2, 0.25) is 11.0 Å². The first-order valence-electron chi connectivity index (χ1n) is 6.99. The summed E-state index contributed by atoms with van der Waals surface area (Å²) >= 11 is 14.8. The SMILES string of the molecule is COCCNc1nnc(SC(C)C(=O)Nc2c(Cl)cccc2Cl)s1. The van der Waals surface area contributed by atoms with Crippen LogP contribution in [0.15, 0.2) is 22.5 Å². The zero-order chi connectivity index (χ0) is 17.5. The number of benzene rings is 1. The van der Waals surface area contributed by atoms with E-state index >= 15 is 0 Å². The van der Waals surface area contributed by atoms with Gasteiger partial charge in [-0.15, -0.1) is 10.2 Å². The Hall–Kier alpha value is -1.06. The van der Waals surface area contributed by atoms with E-state index in [0.29, 0.717) is 38.4 Å². The summed E-state index contributed by atoms with van der Waals surface area (Å²) in [6.45, 7) is 3.01. The molecule has 1 aromatic carbocycles. The summed E-state index contributed by atoms with van der Waals surface area (Å²) in [5.74, 6) is -0.209. The lowest BCUT2D eigenvalue weighted by molar-refractivity contribution is -0.115. The van der Waals surface area contributed by atoms with Gasteiger partial charge in [0.1, 0.15) is 0 Å². The predicted molar refractivity (Wildman–Crippen MR) is 101 cm³/mol. The molecule has 24 heavy (non-hydrogen) atoms. The Morgan fingerprint density at radius 2 is 2.08 bits per heavy atom. The molecule has 1 heterocycles. The Bertz CT molecular complexity index is 679. The summed E-state index contributed by atoms with van der Waals surface area (Å²) in [6.07, 6.45) is 0. The molecule has 10 heteroatoms. The second kappa shape index (κ2) is 9.43. The van der Waals surface area contributed by atoms with E-state index in [1.807, 2.05) is 0 Å². The lowest BCUT2D eigenvalue weighted by Gasteiger charge is -2.12. The van der Waals surface area contributed by atoms with Crippen molar-refractivity contribution in [1.29, 1.82) is 0 Å². The maximum atomic E-state index is 12.3. The minimum Gasteiger partial charge on any atom is -0.383 e. The molecule has 0 aliphatic heterocycles. The number of rotatable bonds is 8. The van der Waals surface area contributed by atoms with Crippen LogP contribution in [0.2, 0.25) is 10.0 Å². The van der Waals surface area contributed by atoms with Crippen molar-refractivity contribution in [2.45, 2.75) is 16.5 Å². The molecule has 0 fully saturated rings. The molecule has 1 aromatic heterocycles. The molecule has 1 atom stereocenters. The molecule has 0 saturated heterocycles. The molecule has 1 unspecified atom stereocenters. The van der Waals surface area contributed by atoms with E-state index in [9.17, 15) is 4.79 Å². The van der Waals surface area contributed by atoms with Gasteiger partial charge in [0.05, 0.1) is 27.6 Å². The van der Waals surface area contributed by atoms with Gasteiger partial charge in [-0.05, 0) is 19.1 Å².